The van der Waals surface area contributed by atoms with E-state index >= 15 is 0 Å². The van der Waals surface area contributed by atoms with Crippen molar-refractivity contribution in [3.8, 4) is 5.75 Å². The Morgan fingerprint density at radius 3 is 2.92 bits per heavy atom. The van der Waals surface area contributed by atoms with Crippen LogP contribution in [0.2, 0.25) is 0 Å². The minimum Gasteiger partial charge on any atom is -0.434 e. The van der Waals surface area contributed by atoms with Crippen LogP contribution < -0.4 is 15.8 Å². The molecule has 1 aliphatic heterocycles. The smallest absolute Gasteiger partial charge is 0.387 e. The molecule has 1 aromatic rings. The molecule has 0 amide bonds. The molecule has 0 radical (unpaired) electrons. The summed E-state index contributed by atoms with van der Waals surface area (Å²) in [6, 6.07) is 5.52. The van der Waals surface area contributed by atoms with Gasteiger partial charge in [-0.15, -0.1) is 24.0 Å². The highest BCUT2D eigenvalue weighted by molar-refractivity contribution is 14.0. The van der Waals surface area contributed by atoms with Crippen molar-refractivity contribution in [1.82, 2.24) is 10.2 Å². The standard InChI is InChI=1S/C17H26F2N4O.HI/c1-3-23-8-4-5-14(23)11-22-17(20)21-10-13-9-12(2)6-7-15(13)24-16(18)19;/h6-7,9,14,16H,3-5,8,10-11H2,1-2H3,(H3,20,21,22);1H. The highest BCUT2D eigenvalue weighted by Gasteiger charge is 2.22. The summed E-state index contributed by atoms with van der Waals surface area (Å²) in [6.07, 6.45) is 2.35. The lowest BCUT2D eigenvalue weighted by Gasteiger charge is -2.23. The van der Waals surface area contributed by atoms with Crippen LogP contribution in [-0.2, 0) is 6.54 Å². The molecule has 1 heterocycles. The molecule has 1 fully saturated rings. The number of halogens is 3. The summed E-state index contributed by atoms with van der Waals surface area (Å²) in [5, 5.41) is 3.13. The molecule has 1 unspecified atom stereocenters. The van der Waals surface area contributed by atoms with E-state index in [-0.39, 0.29) is 36.3 Å². The molecule has 0 aliphatic carbocycles. The molecule has 8 heteroatoms. The Balaban J connectivity index is 0.00000312. The lowest BCUT2D eigenvalue weighted by Crippen LogP contribution is -2.42. The average molecular weight is 468 g/mol. The summed E-state index contributed by atoms with van der Waals surface area (Å²) in [6.45, 7) is 4.28. The number of aryl methyl sites for hydroxylation is 1. The van der Waals surface area contributed by atoms with Crippen LogP contribution in [0.25, 0.3) is 0 Å². The number of benzene rings is 1. The fourth-order valence-electron chi connectivity index (χ4n) is 3.03. The minimum absolute atomic E-state index is 0. The molecule has 1 saturated heterocycles. The highest BCUT2D eigenvalue weighted by atomic mass is 127. The van der Waals surface area contributed by atoms with Crippen LogP contribution in [0.5, 0.6) is 5.75 Å². The Morgan fingerprint density at radius 1 is 1.48 bits per heavy atom. The van der Waals surface area contributed by atoms with Gasteiger partial charge < -0.3 is 15.8 Å². The molecule has 142 valence electrons. The number of hydrogen-bond donors (Lipinski definition) is 2. The Morgan fingerprint density at radius 2 is 2.24 bits per heavy atom. The Bertz CT molecular complexity index is 572. The van der Waals surface area contributed by atoms with E-state index in [1.54, 1.807) is 12.1 Å². The van der Waals surface area contributed by atoms with Crippen LogP contribution in [0.4, 0.5) is 8.78 Å². The van der Waals surface area contributed by atoms with Crippen molar-refractivity contribution in [3.63, 3.8) is 0 Å². The Labute approximate surface area is 165 Å². The molecule has 2 rings (SSSR count). The third-order valence-electron chi connectivity index (χ3n) is 4.28. The Hall–Kier alpha value is -1.16. The number of guanidine groups is 1. The zero-order chi connectivity index (χ0) is 17.5. The van der Waals surface area contributed by atoms with Crippen molar-refractivity contribution in [2.75, 3.05) is 19.6 Å². The van der Waals surface area contributed by atoms with Gasteiger partial charge in [-0.1, -0.05) is 24.6 Å². The van der Waals surface area contributed by atoms with Crippen molar-refractivity contribution in [3.05, 3.63) is 29.3 Å². The molecule has 1 aliphatic rings. The summed E-state index contributed by atoms with van der Waals surface area (Å²) < 4.78 is 29.5. The number of nitrogens with two attached hydrogens (primary N) is 1. The number of alkyl halides is 2. The van der Waals surface area contributed by atoms with Gasteiger partial charge in [0.15, 0.2) is 5.96 Å². The van der Waals surface area contributed by atoms with Gasteiger partial charge in [0.05, 0.1) is 6.54 Å². The van der Waals surface area contributed by atoms with E-state index in [4.69, 9.17) is 5.73 Å². The first-order valence-electron chi connectivity index (χ1n) is 8.31. The van der Waals surface area contributed by atoms with E-state index in [9.17, 15) is 8.78 Å². The quantitative estimate of drug-likeness (QED) is 0.367. The number of hydrogen-bond acceptors (Lipinski definition) is 3. The number of aliphatic imine (C=N–C) groups is 1. The van der Waals surface area contributed by atoms with Crippen molar-refractivity contribution in [2.45, 2.75) is 45.9 Å². The molecule has 3 N–H and O–H groups in total. The zero-order valence-electron chi connectivity index (χ0n) is 14.7. The monoisotopic (exact) mass is 468 g/mol. The summed E-state index contributed by atoms with van der Waals surface area (Å²) in [7, 11) is 0. The van der Waals surface area contributed by atoms with Crippen LogP contribution >= 0.6 is 24.0 Å². The van der Waals surface area contributed by atoms with Gasteiger partial charge in [0.2, 0.25) is 0 Å². The van der Waals surface area contributed by atoms with Crippen LogP contribution in [0.1, 0.15) is 30.9 Å². The second-order valence-electron chi connectivity index (χ2n) is 6.00. The number of nitrogens with one attached hydrogen (secondary N) is 1. The summed E-state index contributed by atoms with van der Waals surface area (Å²) in [5.41, 5.74) is 7.46. The molecule has 0 aromatic heterocycles. The average Bonchev–Trinajstić information content (AvgIpc) is 3.00. The third kappa shape index (κ3) is 6.93. The van der Waals surface area contributed by atoms with Gasteiger partial charge in [-0.3, -0.25) is 4.90 Å². The first kappa shape index (κ1) is 21.9. The molecule has 1 aromatic carbocycles. The van der Waals surface area contributed by atoms with E-state index in [0.29, 0.717) is 17.6 Å². The van der Waals surface area contributed by atoms with Gasteiger partial charge >= 0.3 is 6.61 Å². The Kier molecular flexibility index (Phi) is 9.41. The topological polar surface area (TPSA) is 62.9 Å². The molecule has 5 nitrogen and oxygen atoms in total. The van der Waals surface area contributed by atoms with Crippen molar-refractivity contribution in [1.29, 1.82) is 0 Å². The van der Waals surface area contributed by atoms with Crippen LogP contribution in [0.3, 0.4) is 0 Å². The number of likely N-dealkylation sites (tertiary alicyclic amines) is 1. The van der Waals surface area contributed by atoms with E-state index in [1.807, 2.05) is 6.92 Å². The third-order valence-corrected chi connectivity index (χ3v) is 4.28. The lowest BCUT2D eigenvalue weighted by molar-refractivity contribution is -0.0504. The fraction of sp³-hybridized carbons (Fsp3) is 0.588. The van der Waals surface area contributed by atoms with Gasteiger partial charge in [-0.05, 0) is 38.9 Å². The number of likely N-dealkylation sites (N-methyl/N-ethyl adjacent to an activating group) is 1. The van der Waals surface area contributed by atoms with Gasteiger partial charge in [0.25, 0.3) is 0 Å². The van der Waals surface area contributed by atoms with Crippen molar-refractivity contribution in [2.24, 2.45) is 10.7 Å². The van der Waals surface area contributed by atoms with Crippen molar-refractivity contribution >= 4 is 29.9 Å². The fourth-order valence-corrected chi connectivity index (χ4v) is 3.03. The predicted octanol–water partition coefficient (Wildman–Crippen LogP) is 3.10. The lowest BCUT2D eigenvalue weighted by atomic mass is 10.1. The number of rotatable bonds is 7. The van der Waals surface area contributed by atoms with E-state index in [0.717, 1.165) is 31.6 Å². The first-order valence-corrected chi connectivity index (χ1v) is 8.31. The predicted molar refractivity (Wildman–Crippen MR) is 107 cm³/mol. The largest absolute Gasteiger partial charge is 0.434 e. The van der Waals surface area contributed by atoms with Gasteiger partial charge in [0, 0.05) is 18.2 Å². The normalized spacial score (nSPS) is 18.3. The highest BCUT2D eigenvalue weighted by Crippen LogP contribution is 2.23. The van der Waals surface area contributed by atoms with Crippen LogP contribution in [0.15, 0.2) is 23.2 Å². The molecule has 0 spiro atoms. The summed E-state index contributed by atoms with van der Waals surface area (Å²) in [5.74, 6) is 0.461. The minimum atomic E-state index is -2.85. The molecule has 25 heavy (non-hydrogen) atoms. The summed E-state index contributed by atoms with van der Waals surface area (Å²) in [4.78, 5) is 6.67. The zero-order valence-corrected chi connectivity index (χ0v) is 17.0. The van der Waals surface area contributed by atoms with E-state index in [2.05, 4.69) is 26.9 Å². The van der Waals surface area contributed by atoms with Crippen LogP contribution in [0, 0.1) is 6.92 Å². The van der Waals surface area contributed by atoms with Crippen molar-refractivity contribution < 1.29 is 13.5 Å². The maximum Gasteiger partial charge on any atom is 0.387 e. The number of nitrogens with zero attached hydrogens (tertiary/aromatic N) is 2. The molecule has 0 bridgehead atoms. The SMILES string of the molecule is CCN1CCCC1CNC(N)=NCc1cc(C)ccc1OC(F)F.I. The van der Waals surface area contributed by atoms with Gasteiger partial charge in [0.1, 0.15) is 5.75 Å². The molecule has 1 atom stereocenters. The van der Waals surface area contributed by atoms with E-state index < -0.39 is 6.61 Å². The number of ether oxygens (including phenoxy) is 1. The molecular weight excluding hydrogens is 441 g/mol. The van der Waals surface area contributed by atoms with E-state index in [1.165, 1.54) is 12.5 Å². The molecular formula is C17H27F2IN4O. The van der Waals surface area contributed by atoms with Crippen LogP contribution in [-0.4, -0.2) is 43.1 Å². The molecule has 0 saturated carbocycles. The second kappa shape index (κ2) is 10.7. The maximum absolute atomic E-state index is 12.5. The maximum atomic E-state index is 12.5. The first-order chi connectivity index (χ1) is 11.5. The van der Waals surface area contributed by atoms with Gasteiger partial charge in [-0.2, -0.15) is 8.78 Å². The second-order valence-corrected chi connectivity index (χ2v) is 6.00. The van der Waals surface area contributed by atoms with Gasteiger partial charge in [-0.25, -0.2) is 4.99 Å². The summed E-state index contributed by atoms with van der Waals surface area (Å²) >= 11 is 0.